The molecule has 0 aromatic carbocycles. The summed E-state index contributed by atoms with van der Waals surface area (Å²) in [7, 11) is 0. The van der Waals surface area contributed by atoms with Crippen molar-refractivity contribution in [1.82, 2.24) is 10.3 Å². The van der Waals surface area contributed by atoms with Gasteiger partial charge in [0.1, 0.15) is 0 Å². The van der Waals surface area contributed by atoms with E-state index >= 15 is 0 Å². The molecule has 0 spiro atoms. The molecular weight excluding hydrogens is 240 g/mol. The van der Waals surface area contributed by atoms with E-state index in [0.717, 1.165) is 12.8 Å². The molecule has 1 aromatic heterocycles. The van der Waals surface area contributed by atoms with Gasteiger partial charge in [-0.1, -0.05) is 6.92 Å². The van der Waals surface area contributed by atoms with Crippen molar-refractivity contribution in [3.63, 3.8) is 0 Å². The summed E-state index contributed by atoms with van der Waals surface area (Å²) in [6.07, 6.45) is 1.93. The maximum Gasteiger partial charge on any atom is 0.289 e. The molecule has 0 aliphatic heterocycles. The molecule has 5 heteroatoms. The molecule has 1 atom stereocenters. The van der Waals surface area contributed by atoms with Gasteiger partial charge in [-0.25, -0.2) is 4.98 Å². The normalized spacial score (nSPS) is 12.5. The van der Waals surface area contributed by atoms with Crippen LogP contribution in [-0.2, 0) is 0 Å². The number of halogens is 1. The van der Waals surface area contributed by atoms with Crippen molar-refractivity contribution in [3.05, 3.63) is 17.3 Å². The summed E-state index contributed by atoms with van der Waals surface area (Å²) in [5.41, 5.74) is 0.633. The minimum absolute atomic E-state index is 0.193. The van der Waals surface area contributed by atoms with Crippen LogP contribution in [0.5, 0.6) is 0 Å². The van der Waals surface area contributed by atoms with Gasteiger partial charge in [-0.15, -0.1) is 11.6 Å². The number of amides is 1. The van der Waals surface area contributed by atoms with Gasteiger partial charge in [0.2, 0.25) is 5.76 Å². The highest BCUT2D eigenvalue weighted by Crippen LogP contribution is 2.09. The Balaban J connectivity index is 2.33. The lowest BCUT2D eigenvalue weighted by Gasteiger charge is -2.07. The Bertz CT molecular complexity index is 377. The number of hydrogen-bond donors (Lipinski definition) is 1. The number of aryl methyl sites for hydroxylation is 2. The van der Waals surface area contributed by atoms with Crippen molar-refractivity contribution in [2.75, 3.05) is 12.4 Å². The highest BCUT2D eigenvalue weighted by molar-refractivity contribution is 6.18. The van der Waals surface area contributed by atoms with Crippen LogP contribution in [0.2, 0.25) is 0 Å². The quantitative estimate of drug-likeness (QED) is 0.630. The molecule has 4 nitrogen and oxygen atoms in total. The first-order chi connectivity index (χ1) is 8.04. The molecule has 17 heavy (non-hydrogen) atoms. The average molecular weight is 259 g/mol. The molecule has 1 rings (SSSR count). The van der Waals surface area contributed by atoms with Crippen LogP contribution in [0.15, 0.2) is 4.42 Å². The Kier molecular flexibility index (Phi) is 5.48. The number of rotatable bonds is 6. The van der Waals surface area contributed by atoms with Crippen molar-refractivity contribution in [1.29, 1.82) is 0 Å². The molecule has 0 radical (unpaired) electrons. The van der Waals surface area contributed by atoms with Crippen molar-refractivity contribution in [3.8, 4) is 0 Å². The zero-order valence-electron chi connectivity index (χ0n) is 10.5. The number of oxazole rings is 1. The molecule has 1 aromatic rings. The summed E-state index contributed by atoms with van der Waals surface area (Å²) in [5, 5.41) is 2.82. The lowest BCUT2D eigenvalue weighted by atomic mass is 10.1. The van der Waals surface area contributed by atoms with Crippen molar-refractivity contribution < 1.29 is 9.21 Å². The van der Waals surface area contributed by atoms with Crippen molar-refractivity contribution in [2.24, 2.45) is 5.92 Å². The summed E-state index contributed by atoms with van der Waals surface area (Å²) in [6, 6.07) is 0. The highest BCUT2D eigenvalue weighted by atomic mass is 35.5. The minimum Gasteiger partial charge on any atom is -0.436 e. The van der Waals surface area contributed by atoms with E-state index in [1.807, 2.05) is 0 Å². The molecule has 0 saturated carbocycles. The highest BCUT2D eigenvalue weighted by Gasteiger charge is 2.14. The van der Waals surface area contributed by atoms with Gasteiger partial charge >= 0.3 is 0 Å². The van der Waals surface area contributed by atoms with Gasteiger partial charge in [-0.3, -0.25) is 4.79 Å². The Morgan fingerprint density at radius 1 is 1.53 bits per heavy atom. The van der Waals surface area contributed by atoms with E-state index in [0.29, 0.717) is 35.7 Å². The first kappa shape index (κ1) is 14.0. The Morgan fingerprint density at radius 3 is 2.76 bits per heavy atom. The molecule has 0 bridgehead atoms. The fraction of sp³-hybridized carbons (Fsp3) is 0.667. The zero-order chi connectivity index (χ0) is 12.8. The van der Waals surface area contributed by atoms with Crippen LogP contribution >= 0.6 is 11.6 Å². The number of aromatic nitrogens is 1. The van der Waals surface area contributed by atoms with Gasteiger partial charge in [0, 0.05) is 19.3 Å². The number of hydrogen-bond acceptors (Lipinski definition) is 3. The number of nitrogens with one attached hydrogen (secondary N) is 1. The minimum atomic E-state index is -0.193. The maximum absolute atomic E-state index is 11.7. The summed E-state index contributed by atoms with van der Waals surface area (Å²) in [6.45, 7) is 6.23. The molecule has 1 heterocycles. The lowest BCUT2D eigenvalue weighted by molar-refractivity contribution is 0.0922. The molecule has 0 aliphatic rings. The van der Waals surface area contributed by atoms with Crippen LogP contribution in [0.1, 0.15) is 41.9 Å². The third-order valence-corrected chi connectivity index (χ3v) is 3.06. The van der Waals surface area contributed by atoms with Gasteiger partial charge in [0.05, 0.1) is 5.69 Å². The number of carbonyl (C=O) groups excluding carboxylic acids is 1. The fourth-order valence-corrected chi connectivity index (χ4v) is 1.71. The van der Waals surface area contributed by atoms with Crippen molar-refractivity contribution >= 4 is 17.5 Å². The second-order valence-corrected chi connectivity index (χ2v) is 4.61. The van der Waals surface area contributed by atoms with Gasteiger partial charge in [0.25, 0.3) is 5.91 Å². The SMILES string of the molecule is Cc1nc(C)c(C(=O)NCCCC(C)CCl)o1. The molecule has 1 N–H and O–H groups in total. The monoisotopic (exact) mass is 258 g/mol. The Labute approximate surface area is 107 Å². The number of alkyl halides is 1. The molecule has 96 valence electrons. The predicted molar refractivity (Wildman–Crippen MR) is 67.4 cm³/mol. The van der Waals surface area contributed by atoms with Crippen LogP contribution in [0.25, 0.3) is 0 Å². The van der Waals surface area contributed by atoms with E-state index in [9.17, 15) is 4.79 Å². The summed E-state index contributed by atoms with van der Waals surface area (Å²) >= 11 is 5.70. The van der Waals surface area contributed by atoms with Gasteiger partial charge in [-0.05, 0) is 25.7 Å². The summed E-state index contributed by atoms with van der Waals surface area (Å²) in [5.74, 6) is 1.79. The average Bonchev–Trinajstić information content (AvgIpc) is 2.63. The molecule has 0 saturated heterocycles. The first-order valence-corrected chi connectivity index (χ1v) is 6.36. The van der Waals surface area contributed by atoms with Crippen LogP contribution in [0.3, 0.4) is 0 Å². The summed E-state index contributed by atoms with van der Waals surface area (Å²) in [4.78, 5) is 15.8. The van der Waals surface area contributed by atoms with E-state index in [4.69, 9.17) is 16.0 Å². The first-order valence-electron chi connectivity index (χ1n) is 5.82. The van der Waals surface area contributed by atoms with Gasteiger partial charge in [0.15, 0.2) is 5.89 Å². The lowest BCUT2D eigenvalue weighted by Crippen LogP contribution is -2.25. The summed E-state index contributed by atoms with van der Waals surface area (Å²) < 4.78 is 5.23. The fourth-order valence-electron chi connectivity index (χ4n) is 1.55. The standard InChI is InChI=1S/C12H19ClN2O2/c1-8(7-13)5-4-6-14-12(16)11-9(2)15-10(3)17-11/h8H,4-7H2,1-3H3,(H,14,16). The molecule has 0 aliphatic carbocycles. The third kappa shape index (κ3) is 4.38. The van der Waals surface area contributed by atoms with Crippen LogP contribution in [0.4, 0.5) is 0 Å². The Morgan fingerprint density at radius 2 is 2.24 bits per heavy atom. The van der Waals surface area contributed by atoms with E-state index in [-0.39, 0.29) is 5.91 Å². The van der Waals surface area contributed by atoms with Crippen LogP contribution in [0, 0.1) is 19.8 Å². The molecule has 1 unspecified atom stereocenters. The smallest absolute Gasteiger partial charge is 0.289 e. The number of nitrogens with zero attached hydrogens (tertiary/aromatic N) is 1. The largest absolute Gasteiger partial charge is 0.436 e. The predicted octanol–water partition coefficient (Wildman–Crippen LogP) is 2.68. The van der Waals surface area contributed by atoms with E-state index < -0.39 is 0 Å². The molecule has 0 fully saturated rings. The van der Waals surface area contributed by atoms with Gasteiger partial charge < -0.3 is 9.73 Å². The second kappa shape index (κ2) is 6.64. The van der Waals surface area contributed by atoms with Crippen LogP contribution in [-0.4, -0.2) is 23.3 Å². The Hall–Kier alpha value is -1.03. The maximum atomic E-state index is 11.7. The van der Waals surface area contributed by atoms with E-state index in [2.05, 4.69) is 17.2 Å². The third-order valence-electron chi connectivity index (χ3n) is 2.53. The van der Waals surface area contributed by atoms with Gasteiger partial charge in [-0.2, -0.15) is 0 Å². The van der Waals surface area contributed by atoms with Crippen LogP contribution < -0.4 is 5.32 Å². The van der Waals surface area contributed by atoms with E-state index in [1.54, 1.807) is 13.8 Å². The zero-order valence-corrected chi connectivity index (χ0v) is 11.3. The molecule has 1 amide bonds. The number of carbonyl (C=O) groups is 1. The van der Waals surface area contributed by atoms with Crippen molar-refractivity contribution in [2.45, 2.75) is 33.6 Å². The topological polar surface area (TPSA) is 55.1 Å². The molecular formula is C12H19ClN2O2. The second-order valence-electron chi connectivity index (χ2n) is 4.31. The van der Waals surface area contributed by atoms with E-state index in [1.165, 1.54) is 0 Å².